The number of rotatable bonds is 2. The minimum Gasteiger partial charge on any atom is -0.321 e. The highest BCUT2D eigenvalue weighted by Crippen LogP contribution is 2.39. The Bertz CT molecular complexity index is 952. The number of nitrogens with one attached hydrogen (secondary N) is 1. The second-order valence-electron chi connectivity index (χ2n) is 6.50. The fourth-order valence-electron chi connectivity index (χ4n) is 3.65. The Balaban J connectivity index is 1.72. The maximum absolute atomic E-state index is 12.3. The number of sulfonamides is 1. The average Bonchev–Trinajstić information content (AvgIpc) is 3.07. The molecule has 0 radical (unpaired) electrons. The maximum atomic E-state index is 12.3. The molecule has 0 aromatic heterocycles. The van der Waals surface area contributed by atoms with Crippen LogP contribution in [0.5, 0.6) is 0 Å². The number of anilines is 1. The molecule has 0 atom stereocenters. The van der Waals surface area contributed by atoms with Gasteiger partial charge in [-0.05, 0) is 67.5 Å². The van der Waals surface area contributed by atoms with Gasteiger partial charge in [0.25, 0.3) is 5.91 Å². The molecule has 2 aliphatic carbocycles. The average molecular weight is 342 g/mol. The minimum absolute atomic E-state index is 0.0153. The Morgan fingerprint density at radius 3 is 2.71 bits per heavy atom. The standard InChI is InChI=1S/C18H18N2O3S/c19-24(22,23)14-5-6-17-15(10-14)16(18(21)20-17)9-11-7-12-3-1-2-4-13(12)8-11/h5-7,9-10H,1-4,8H2,(H,20,21)(H2,19,22,23). The number of hydrogen-bond acceptors (Lipinski definition) is 3. The maximum Gasteiger partial charge on any atom is 0.256 e. The summed E-state index contributed by atoms with van der Waals surface area (Å²) in [5.74, 6) is -0.206. The molecule has 0 saturated heterocycles. The molecule has 3 aliphatic rings. The van der Waals surface area contributed by atoms with Gasteiger partial charge in [-0.1, -0.05) is 11.6 Å². The van der Waals surface area contributed by atoms with Crippen LogP contribution in [-0.2, 0) is 14.8 Å². The van der Waals surface area contributed by atoms with Crippen molar-refractivity contribution >= 4 is 27.2 Å². The van der Waals surface area contributed by atoms with Crippen LogP contribution in [0.4, 0.5) is 5.69 Å². The molecule has 0 fully saturated rings. The third-order valence-electron chi connectivity index (χ3n) is 4.84. The van der Waals surface area contributed by atoms with Crippen molar-refractivity contribution in [3.05, 3.63) is 52.6 Å². The summed E-state index contributed by atoms with van der Waals surface area (Å²) in [5.41, 5.74) is 5.71. The Morgan fingerprint density at radius 1 is 1.17 bits per heavy atom. The van der Waals surface area contributed by atoms with Gasteiger partial charge >= 0.3 is 0 Å². The van der Waals surface area contributed by atoms with E-state index in [9.17, 15) is 13.2 Å². The number of hydrogen-bond donors (Lipinski definition) is 2. The topological polar surface area (TPSA) is 89.3 Å². The van der Waals surface area contributed by atoms with Crippen molar-refractivity contribution in [2.75, 3.05) is 5.32 Å². The molecule has 6 heteroatoms. The van der Waals surface area contributed by atoms with E-state index in [0.29, 0.717) is 16.8 Å². The van der Waals surface area contributed by atoms with Crippen molar-refractivity contribution in [3.8, 4) is 0 Å². The van der Waals surface area contributed by atoms with Gasteiger partial charge in [0, 0.05) is 16.8 Å². The first kappa shape index (κ1) is 15.4. The minimum atomic E-state index is -3.80. The van der Waals surface area contributed by atoms with Crippen molar-refractivity contribution in [2.24, 2.45) is 5.14 Å². The lowest BCUT2D eigenvalue weighted by atomic mass is 9.93. The van der Waals surface area contributed by atoms with E-state index < -0.39 is 10.0 Å². The third kappa shape index (κ3) is 2.61. The van der Waals surface area contributed by atoms with Crippen LogP contribution in [0.15, 0.2) is 52.0 Å². The Hall–Kier alpha value is -2.18. The zero-order chi connectivity index (χ0) is 16.9. The van der Waals surface area contributed by atoms with E-state index in [-0.39, 0.29) is 10.8 Å². The first-order valence-corrected chi connectivity index (χ1v) is 9.58. The highest BCUT2D eigenvalue weighted by Gasteiger charge is 2.27. The quantitative estimate of drug-likeness (QED) is 0.810. The summed E-state index contributed by atoms with van der Waals surface area (Å²) in [6, 6.07) is 4.46. The summed E-state index contributed by atoms with van der Waals surface area (Å²) >= 11 is 0. The summed E-state index contributed by atoms with van der Waals surface area (Å²) in [6.45, 7) is 0. The number of amides is 1. The lowest BCUT2D eigenvalue weighted by Gasteiger charge is -2.12. The second kappa shape index (κ2) is 5.43. The van der Waals surface area contributed by atoms with Crippen LogP contribution in [-0.4, -0.2) is 14.3 Å². The van der Waals surface area contributed by atoms with Crippen molar-refractivity contribution in [2.45, 2.75) is 37.0 Å². The fourth-order valence-corrected chi connectivity index (χ4v) is 4.19. The lowest BCUT2D eigenvalue weighted by Crippen LogP contribution is -2.12. The first-order valence-electron chi connectivity index (χ1n) is 8.03. The van der Waals surface area contributed by atoms with Crippen LogP contribution < -0.4 is 10.5 Å². The molecular weight excluding hydrogens is 324 g/mol. The molecule has 1 amide bonds. The van der Waals surface area contributed by atoms with Gasteiger partial charge in [-0.2, -0.15) is 0 Å². The molecule has 5 nitrogen and oxygen atoms in total. The smallest absolute Gasteiger partial charge is 0.256 e. The van der Waals surface area contributed by atoms with Gasteiger partial charge in [0.1, 0.15) is 0 Å². The van der Waals surface area contributed by atoms with Gasteiger partial charge in [-0.15, -0.1) is 0 Å². The molecule has 24 heavy (non-hydrogen) atoms. The number of carbonyl (C=O) groups excluding carboxylic acids is 1. The van der Waals surface area contributed by atoms with Gasteiger partial charge < -0.3 is 5.32 Å². The van der Waals surface area contributed by atoms with Crippen LogP contribution in [0.2, 0.25) is 0 Å². The molecule has 0 spiro atoms. The van der Waals surface area contributed by atoms with Crippen LogP contribution >= 0.6 is 0 Å². The molecule has 1 aromatic rings. The Labute approximate surface area is 141 Å². The van der Waals surface area contributed by atoms with E-state index in [1.807, 2.05) is 6.08 Å². The molecule has 1 heterocycles. The van der Waals surface area contributed by atoms with E-state index in [2.05, 4.69) is 11.4 Å². The summed E-state index contributed by atoms with van der Waals surface area (Å²) in [7, 11) is -3.80. The van der Waals surface area contributed by atoms with Gasteiger partial charge in [0.15, 0.2) is 0 Å². The SMILES string of the molecule is NS(=O)(=O)c1ccc2c(c1)C(=CC1=CC3=C(CCCC3)C1)C(=O)N2. The van der Waals surface area contributed by atoms with Crippen molar-refractivity contribution in [1.82, 2.24) is 0 Å². The molecule has 1 aliphatic heterocycles. The molecule has 3 N–H and O–H groups in total. The van der Waals surface area contributed by atoms with Crippen LogP contribution in [0, 0.1) is 0 Å². The second-order valence-corrected chi connectivity index (χ2v) is 8.06. The molecular formula is C18H18N2O3S. The number of benzene rings is 1. The highest BCUT2D eigenvalue weighted by atomic mass is 32.2. The zero-order valence-corrected chi connectivity index (χ0v) is 13.9. The first-order chi connectivity index (χ1) is 11.4. The number of primary sulfonamides is 1. The molecule has 0 bridgehead atoms. The highest BCUT2D eigenvalue weighted by molar-refractivity contribution is 7.89. The predicted molar refractivity (Wildman–Crippen MR) is 92.6 cm³/mol. The summed E-state index contributed by atoms with van der Waals surface area (Å²) < 4.78 is 23.1. The van der Waals surface area contributed by atoms with Gasteiger partial charge in [-0.25, -0.2) is 13.6 Å². The van der Waals surface area contributed by atoms with Crippen LogP contribution in [0.3, 0.4) is 0 Å². The molecule has 1 aromatic carbocycles. The molecule has 0 unspecified atom stereocenters. The van der Waals surface area contributed by atoms with E-state index in [4.69, 9.17) is 5.14 Å². The monoisotopic (exact) mass is 342 g/mol. The predicted octanol–water partition coefficient (Wildman–Crippen LogP) is 2.87. The summed E-state index contributed by atoms with van der Waals surface area (Å²) in [4.78, 5) is 12.3. The van der Waals surface area contributed by atoms with Crippen molar-refractivity contribution < 1.29 is 13.2 Å². The Morgan fingerprint density at radius 2 is 1.96 bits per heavy atom. The van der Waals surface area contributed by atoms with E-state index >= 15 is 0 Å². The van der Waals surface area contributed by atoms with Gasteiger partial charge in [-0.3, -0.25) is 4.79 Å². The normalized spacial score (nSPS) is 21.6. The molecule has 0 saturated carbocycles. The largest absolute Gasteiger partial charge is 0.321 e. The Kier molecular flexibility index (Phi) is 3.47. The third-order valence-corrected chi connectivity index (χ3v) is 5.75. The fraction of sp³-hybridized carbons (Fsp3) is 0.278. The molecule has 4 rings (SSSR count). The lowest BCUT2D eigenvalue weighted by molar-refractivity contribution is -0.110. The van der Waals surface area contributed by atoms with E-state index in [1.54, 1.807) is 6.07 Å². The van der Waals surface area contributed by atoms with E-state index in [0.717, 1.165) is 24.8 Å². The summed E-state index contributed by atoms with van der Waals surface area (Å²) in [6.07, 6.45) is 9.65. The van der Waals surface area contributed by atoms with Crippen LogP contribution in [0.1, 0.15) is 37.7 Å². The number of allylic oxidation sites excluding steroid dienone is 5. The van der Waals surface area contributed by atoms with Gasteiger partial charge in [0.05, 0.1) is 4.90 Å². The number of nitrogens with two attached hydrogens (primary N) is 1. The van der Waals surface area contributed by atoms with Crippen molar-refractivity contribution in [1.29, 1.82) is 0 Å². The molecule has 124 valence electrons. The summed E-state index contributed by atoms with van der Waals surface area (Å²) in [5, 5.41) is 7.98. The van der Waals surface area contributed by atoms with Crippen molar-refractivity contribution in [3.63, 3.8) is 0 Å². The van der Waals surface area contributed by atoms with Crippen LogP contribution in [0.25, 0.3) is 5.57 Å². The number of carbonyl (C=O) groups is 1. The zero-order valence-electron chi connectivity index (χ0n) is 13.1. The van der Waals surface area contributed by atoms with Gasteiger partial charge in [0.2, 0.25) is 10.0 Å². The number of fused-ring (bicyclic) bond motifs is 1. The van der Waals surface area contributed by atoms with E-state index in [1.165, 1.54) is 36.1 Å².